The maximum Gasteiger partial charge on any atom is 0.261 e. The van der Waals surface area contributed by atoms with Crippen molar-refractivity contribution in [1.82, 2.24) is 0 Å². The largest absolute Gasteiger partial charge is 0.261 e. The number of hydrogen-bond acceptors (Lipinski definition) is 2. The van der Waals surface area contributed by atoms with Crippen LogP contribution >= 0.6 is 10.7 Å². The van der Waals surface area contributed by atoms with Crippen molar-refractivity contribution in [3.8, 4) is 0 Å². The van der Waals surface area contributed by atoms with Crippen LogP contribution in [0.1, 0.15) is 95.2 Å². The van der Waals surface area contributed by atoms with Crippen molar-refractivity contribution in [1.29, 1.82) is 0 Å². The molecular weight excluding hydrogens is 316 g/mol. The van der Waals surface area contributed by atoms with Crippen LogP contribution in [-0.2, 0) is 9.05 Å². The second kappa shape index (κ2) is 7.83. The van der Waals surface area contributed by atoms with E-state index in [0.29, 0.717) is 10.8 Å². The van der Waals surface area contributed by atoms with E-state index in [0.717, 1.165) is 30.4 Å². The van der Waals surface area contributed by atoms with Gasteiger partial charge < -0.3 is 0 Å². The molecule has 2 nitrogen and oxygen atoms in total. The molecule has 0 aliphatic heterocycles. The lowest BCUT2D eigenvalue weighted by Gasteiger charge is -2.23. The van der Waals surface area contributed by atoms with Crippen molar-refractivity contribution in [3.05, 3.63) is 28.8 Å². The van der Waals surface area contributed by atoms with E-state index >= 15 is 0 Å². The Morgan fingerprint density at radius 2 is 1.23 bits per heavy atom. The van der Waals surface area contributed by atoms with E-state index < -0.39 is 9.05 Å². The molecule has 1 aromatic rings. The average Bonchev–Trinajstić information content (AvgIpc) is 2.50. The van der Waals surface area contributed by atoms with Crippen molar-refractivity contribution in [2.75, 3.05) is 0 Å². The highest BCUT2D eigenvalue weighted by molar-refractivity contribution is 8.13. The van der Waals surface area contributed by atoms with Crippen LogP contribution < -0.4 is 0 Å². The Balaban J connectivity index is 3.77. The summed E-state index contributed by atoms with van der Waals surface area (Å²) in [5.41, 5.74) is 2.98. The zero-order chi connectivity index (χ0) is 17.1. The predicted molar refractivity (Wildman–Crippen MR) is 95.6 cm³/mol. The van der Waals surface area contributed by atoms with Gasteiger partial charge in [-0.3, -0.25) is 0 Å². The highest BCUT2D eigenvalue weighted by Crippen LogP contribution is 2.38. The lowest BCUT2D eigenvalue weighted by atomic mass is 9.86. The van der Waals surface area contributed by atoms with Crippen LogP contribution in [-0.4, -0.2) is 8.42 Å². The molecule has 4 heteroatoms. The standard InChI is InChI=1S/C18H29ClO2S/c1-7-12(4)15-10-16(13(5)8-2)18(22(19,20)21)17(11-15)14(6)9-3/h10-14H,7-9H2,1-6H3. The Labute approximate surface area is 140 Å². The fraction of sp³-hybridized carbons (Fsp3) is 0.667. The first kappa shape index (κ1) is 19.5. The van der Waals surface area contributed by atoms with Crippen LogP contribution in [0.25, 0.3) is 0 Å². The van der Waals surface area contributed by atoms with E-state index in [1.165, 1.54) is 5.56 Å². The molecule has 0 spiro atoms. The molecule has 0 saturated carbocycles. The maximum atomic E-state index is 12.2. The summed E-state index contributed by atoms with van der Waals surface area (Å²) in [5, 5.41) is 0. The van der Waals surface area contributed by atoms with E-state index in [1.807, 2.05) is 0 Å². The number of benzene rings is 1. The summed E-state index contributed by atoms with van der Waals surface area (Å²) in [6, 6.07) is 4.12. The topological polar surface area (TPSA) is 34.1 Å². The number of hydrogen-bond donors (Lipinski definition) is 0. The van der Waals surface area contributed by atoms with Gasteiger partial charge in [0, 0.05) is 10.7 Å². The molecule has 126 valence electrons. The zero-order valence-corrected chi connectivity index (χ0v) is 16.2. The number of rotatable bonds is 7. The zero-order valence-electron chi connectivity index (χ0n) is 14.6. The average molecular weight is 345 g/mol. The summed E-state index contributed by atoms with van der Waals surface area (Å²) in [6.45, 7) is 12.6. The Bertz CT molecular complexity index is 577. The van der Waals surface area contributed by atoms with Crippen molar-refractivity contribution >= 4 is 19.7 Å². The van der Waals surface area contributed by atoms with Crippen LogP contribution in [0.4, 0.5) is 0 Å². The van der Waals surface area contributed by atoms with Crippen molar-refractivity contribution in [3.63, 3.8) is 0 Å². The summed E-state index contributed by atoms with van der Waals surface area (Å²) in [6.07, 6.45) is 2.82. The van der Waals surface area contributed by atoms with Gasteiger partial charge in [-0.15, -0.1) is 0 Å². The van der Waals surface area contributed by atoms with Crippen LogP contribution in [0.3, 0.4) is 0 Å². The first-order valence-electron chi connectivity index (χ1n) is 8.29. The summed E-state index contributed by atoms with van der Waals surface area (Å²) in [4.78, 5) is 0.352. The molecule has 0 aliphatic rings. The van der Waals surface area contributed by atoms with Crippen molar-refractivity contribution in [2.24, 2.45) is 0 Å². The van der Waals surface area contributed by atoms with Gasteiger partial charge in [-0.1, -0.05) is 53.7 Å². The van der Waals surface area contributed by atoms with Gasteiger partial charge >= 0.3 is 0 Å². The van der Waals surface area contributed by atoms with E-state index in [2.05, 4.69) is 53.7 Å². The van der Waals surface area contributed by atoms with E-state index in [9.17, 15) is 8.42 Å². The van der Waals surface area contributed by atoms with Crippen LogP contribution in [0, 0.1) is 0 Å². The Morgan fingerprint density at radius 3 is 1.50 bits per heavy atom. The Kier molecular flexibility index (Phi) is 6.94. The van der Waals surface area contributed by atoms with Crippen LogP contribution in [0.5, 0.6) is 0 Å². The molecule has 0 saturated heterocycles. The Morgan fingerprint density at radius 1 is 0.864 bits per heavy atom. The van der Waals surface area contributed by atoms with Crippen molar-refractivity contribution in [2.45, 2.75) is 83.5 Å². The molecule has 1 rings (SSSR count). The van der Waals surface area contributed by atoms with Gasteiger partial charge in [-0.05, 0) is 53.7 Å². The molecule has 0 bridgehead atoms. The smallest absolute Gasteiger partial charge is 0.207 e. The second-order valence-corrected chi connectivity index (χ2v) is 8.90. The van der Waals surface area contributed by atoms with Gasteiger partial charge in [0.1, 0.15) is 0 Å². The van der Waals surface area contributed by atoms with Gasteiger partial charge in [0.25, 0.3) is 9.05 Å². The van der Waals surface area contributed by atoms with Gasteiger partial charge in [0.15, 0.2) is 0 Å². The molecule has 0 N–H and O–H groups in total. The monoisotopic (exact) mass is 344 g/mol. The predicted octanol–water partition coefficient (Wildman–Crippen LogP) is 6.15. The first-order chi connectivity index (χ1) is 10.2. The third-order valence-electron chi connectivity index (χ3n) is 4.88. The SMILES string of the molecule is CCC(C)c1cc(C(C)CC)c(S(=O)(=O)Cl)c(C(C)CC)c1. The van der Waals surface area contributed by atoms with Gasteiger partial charge in [0.2, 0.25) is 0 Å². The highest BCUT2D eigenvalue weighted by Gasteiger charge is 2.26. The molecule has 0 fully saturated rings. The minimum absolute atomic E-state index is 0.176. The second-order valence-electron chi connectivity index (χ2n) is 6.39. The molecule has 0 radical (unpaired) electrons. The Hall–Kier alpha value is -0.540. The van der Waals surface area contributed by atoms with Crippen LogP contribution in [0.2, 0.25) is 0 Å². The maximum absolute atomic E-state index is 12.2. The van der Waals surface area contributed by atoms with E-state index in [-0.39, 0.29) is 11.8 Å². The molecule has 0 aromatic heterocycles. The van der Waals surface area contributed by atoms with E-state index in [4.69, 9.17) is 10.7 Å². The summed E-state index contributed by atoms with van der Waals surface area (Å²) in [7, 11) is 2.06. The fourth-order valence-corrected chi connectivity index (χ4v) is 4.29. The van der Waals surface area contributed by atoms with Gasteiger partial charge in [0.05, 0.1) is 4.90 Å². The molecule has 3 unspecified atom stereocenters. The lowest BCUT2D eigenvalue weighted by molar-refractivity contribution is 0.598. The number of halogens is 1. The van der Waals surface area contributed by atoms with Gasteiger partial charge in [-0.25, -0.2) is 8.42 Å². The molecule has 1 aromatic carbocycles. The molecular formula is C18H29ClO2S. The molecule has 0 aliphatic carbocycles. The normalized spacial score (nSPS) is 16.3. The fourth-order valence-electron chi connectivity index (χ4n) is 2.67. The summed E-state index contributed by atoms with van der Waals surface area (Å²) in [5.74, 6) is 0.767. The first-order valence-corrected chi connectivity index (χ1v) is 10.6. The minimum atomic E-state index is -3.75. The lowest BCUT2D eigenvalue weighted by Crippen LogP contribution is -2.10. The van der Waals surface area contributed by atoms with Crippen LogP contribution in [0.15, 0.2) is 17.0 Å². The quantitative estimate of drug-likeness (QED) is 0.555. The summed E-state index contributed by atoms with van der Waals surface area (Å²) >= 11 is 0. The third kappa shape index (κ3) is 4.26. The van der Waals surface area contributed by atoms with E-state index in [1.54, 1.807) is 0 Å². The highest BCUT2D eigenvalue weighted by atomic mass is 35.7. The molecule has 3 atom stereocenters. The van der Waals surface area contributed by atoms with Gasteiger partial charge in [-0.2, -0.15) is 0 Å². The summed E-state index contributed by atoms with van der Waals surface area (Å²) < 4.78 is 24.5. The minimum Gasteiger partial charge on any atom is -0.207 e. The van der Waals surface area contributed by atoms with Crippen molar-refractivity contribution < 1.29 is 8.42 Å². The third-order valence-corrected chi connectivity index (χ3v) is 6.30. The molecule has 22 heavy (non-hydrogen) atoms. The molecule has 0 heterocycles. The molecule has 0 amide bonds.